The Balaban J connectivity index is 2.86. The third-order valence-electron chi connectivity index (χ3n) is 3.37. The number of hydrogen-bond acceptors (Lipinski definition) is 3. The Morgan fingerprint density at radius 2 is 2.16 bits per heavy atom. The molecule has 2 unspecified atom stereocenters. The quantitative estimate of drug-likeness (QED) is 0.870. The molecule has 0 amide bonds. The first kappa shape index (κ1) is 16.0. The van der Waals surface area contributed by atoms with Gasteiger partial charge in [0.2, 0.25) is 0 Å². The Morgan fingerprint density at radius 3 is 2.58 bits per heavy atom. The van der Waals surface area contributed by atoms with Gasteiger partial charge < -0.3 is 0 Å². The normalized spacial score (nSPS) is 15.8. The maximum atomic E-state index is 9.37. The lowest BCUT2D eigenvalue weighted by molar-refractivity contribution is 0.329. The molecule has 5 heteroatoms. The van der Waals surface area contributed by atoms with Crippen LogP contribution in [0, 0.1) is 25.2 Å². The fourth-order valence-electron chi connectivity index (χ4n) is 2.31. The van der Waals surface area contributed by atoms with Gasteiger partial charge in [0.25, 0.3) is 0 Å². The molecule has 0 saturated carbocycles. The standard InChI is InChI=1S/C14H23ClN4/c1-6-7-17-14(5,9-16)8-10(2)19-12(4)13(15)11(3)18-19/h10,17H,6-8H2,1-5H3. The van der Waals surface area contributed by atoms with Gasteiger partial charge in [-0.2, -0.15) is 10.4 Å². The van der Waals surface area contributed by atoms with Gasteiger partial charge in [0.1, 0.15) is 5.54 Å². The van der Waals surface area contributed by atoms with Crippen molar-refractivity contribution in [3.8, 4) is 6.07 Å². The summed E-state index contributed by atoms with van der Waals surface area (Å²) in [5.41, 5.74) is 1.27. The van der Waals surface area contributed by atoms with E-state index in [2.05, 4.69) is 30.3 Å². The number of nitrogens with zero attached hydrogens (tertiary/aromatic N) is 3. The van der Waals surface area contributed by atoms with E-state index in [4.69, 9.17) is 11.6 Å². The summed E-state index contributed by atoms with van der Waals surface area (Å²) in [4.78, 5) is 0. The average Bonchev–Trinajstić information content (AvgIpc) is 2.64. The zero-order chi connectivity index (χ0) is 14.6. The van der Waals surface area contributed by atoms with Crippen molar-refractivity contribution in [2.24, 2.45) is 0 Å². The summed E-state index contributed by atoms with van der Waals surface area (Å²) in [6, 6.07) is 2.49. The van der Waals surface area contributed by atoms with Crippen LogP contribution in [0.4, 0.5) is 0 Å². The van der Waals surface area contributed by atoms with Crippen molar-refractivity contribution < 1.29 is 0 Å². The molecule has 0 radical (unpaired) electrons. The third kappa shape index (κ3) is 3.71. The van der Waals surface area contributed by atoms with Crippen LogP contribution < -0.4 is 5.32 Å². The van der Waals surface area contributed by atoms with Gasteiger partial charge in [-0.25, -0.2) is 0 Å². The van der Waals surface area contributed by atoms with E-state index >= 15 is 0 Å². The summed E-state index contributed by atoms with van der Waals surface area (Å²) in [7, 11) is 0. The van der Waals surface area contributed by atoms with E-state index in [-0.39, 0.29) is 6.04 Å². The predicted octanol–water partition coefficient (Wildman–Crippen LogP) is 3.39. The molecule has 2 atom stereocenters. The highest BCUT2D eigenvalue weighted by molar-refractivity contribution is 6.31. The minimum absolute atomic E-state index is 0.125. The lowest BCUT2D eigenvalue weighted by Gasteiger charge is -2.27. The minimum atomic E-state index is -0.534. The first-order valence-electron chi connectivity index (χ1n) is 6.72. The molecule has 0 spiro atoms. The van der Waals surface area contributed by atoms with Crippen LogP contribution >= 0.6 is 11.6 Å². The smallest absolute Gasteiger partial charge is 0.105 e. The molecule has 106 valence electrons. The molecule has 19 heavy (non-hydrogen) atoms. The van der Waals surface area contributed by atoms with Crippen molar-refractivity contribution in [2.75, 3.05) is 6.54 Å². The number of aromatic nitrogens is 2. The molecule has 1 heterocycles. The van der Waals surface area contributed by atoms with Crippen molar-refractivity contribution in [1.29, 1.82) is 5.26 Å². The summed E-state index contributed by atoms with van der Waals surface area (Å²) in [5.74, 6) is 0. The zero-order valence-electron chi connectivity index (χ0n) is 12.4. The molecule has 0 aliphatic carbocycles. The molecule has 0 aliphatic heterocycles. The minimum Gasteiger partial charge on any atom is -0.300 e. The van der Waals surface area contributed by atoms with E-state index in [1.807, 2.05) is 25.5 Å². The van der Waals surface area contributed by atoms with E-state index in [0.29, 0.717) is 11.4 Å². The summed E-state index contributed by atoms with van der Waals surface area (Å²) in [6.07, 6.45) is 1.71. The number of rotatable bonds is 6. The number of nitriles is 1. The van der Waals surface area contributed by atoms with Crippen molar-refractivity contribution in [1.82, 2.24) is 15.1 Å². The summed E-state index contributed by atoms with van der Waals surface area (Å²) < 4.78 is 1.92. The Morgan fingerprint density at radius 1 is 1.53 bits per heavy atom. The van der Waals surface area contributed by atoms with Gasteiger partial charge in [0.15, 0.2) is 0 Å². The molecule has 0 bridgehead atoms. The van der Waals surface area contributed by atoms with Gasteiger partial charge in [-0.05, 0) is 40.7 Å². The molecule has 1 aromatic heterocycles. The molecule has 0 aliphatic rings. The van der Waals surface area contributed by atoms with Crippen LogP contribution in [-0.2, 0) is 0 Å². The van der Waals surface area contributed by atoms with Crippen LogP contribution in [0.2, 0.25) is 5.02 Å². The monoisotopic (exact) mass is 282 g/mol. The summed E-state index contributed by atoms with van der Waals surface area (Å²) in [6.45, 7) is 10.8. The van der Waals surface area contributed by atoms with Crippen molar-refractivity contribution in [3.05, 3.63) is 16.4 Å². The lowest BCUT2D eigenvalue weighted by Crippen LogP contribution is -2.43. The number of aryl methyl sites for hydroxylation is 1. The number of halogens is 1. The summed E-state index contributed by atoms with van der Waals surface area (Å²) in [5, 5.41) is 17.8. The Bertz CT molecular complexity index is 475. The van der Waals surface area contributed by atoms with E-state index in [1.165, 1.54) is 0 Å². The van der Waals surface area contributed by atoms with Gasteiger partial charge >= 0.3 is 0 Å². The van der Waals surface area contributed by atoms with Gasteiger partial charge in [0, 0.05) is 6.42 Å². The highest BCUT2D eigenvalue weighted by Crippen LogP contribution is 2.26. The van der Waals surface area contributed by atoms with Gasteiger partial charge in [-0.3, -0.25) is 10.00 Å². The van der Waals surface area contributed by atoms with Crippen molar-refractivity contribution in [2.45, 2.75) is 59.0 Å². The van der Waals surface area contributed by atoms with Crippen LogP contribution in [0.15, 0.2) is 0 Å². The molecule has 0 aromatic carbocycles. The number of nitrogens with one attached hydrogen (secondary N) is 1. The Hall–Kier alpha value is -1.05. The summed E-state index contributed by atoms with van der Waals surface area (Å²) >= 11 is 6.17. The maximum absolute atomic E-state index is 9.37. The molecule has 0 fully saturated rings. The first-order chi connectivity index (χ1) is 8.84. The Kier molecular flexibility index (Phi) is 5.39. The highest BCUT2D eigenvalue weighted by atomic mass is 35.5. The van der Waals surface area contributed by atoms with E-state index < -0.39 is 5.54 Å². The first-order valence-corrected chi connectivity index (χ1v) is 7.10. The van der Waals surface area contributed by atoms with E-state index in [0.717, 1.165) is 24.4 Å². The van der Waals surface area contributed by atoms with Crippen LogP contribution in [0.5, 0.6) is 0 Å². The largest absolute Gasteiger partial charge is 0.300 e. The predicted molar refractivity (Wildman–Crippen MR) is 78.4 cm³/mol. The fraction of sp³-hybridized carbons (Fsp3) is 0.714. The fourth-order valence-corrected chi connectivity index (χ4v) is 2.43. The van der Waals surface area contributed by atoms with E-state index in [9.17, 15) is 5.26 Å². The van der Waals surface area contributed by atoms with Gasteiger partial charge in [-0.15, -0.1) is 0 Å². The molecular weight excluding hydrogens is 260 g/mol. The zero-order valence-corrected chi connectivity index (χ0v) is 13.2. The molecule has 0 saturated heterocycles. The van der Waals surface area contributed by atoms with Crippen LogP contribution in [0.3, 0.4) is 0 Å². The second-order valence-corrected chi connectivity index (χ2v) is 5.73. The molecule has 1 rings (SSSR count). The van der Waals surface area contributed by atoms with Crippen molar-refractivity contribution >= 4 is 11.6 Å². The molecule has 1 N–H and O–H groups in total. The second-order valence-electron chi connectivity index (χ2n) is 5.35. The number of hydrogen-bond donors (Lipinski definition) is 1. The van der Waals surface area contributed by atoms with Crippen LogP contribution in [0.25, 0.3) is 0 Å². The molecular formula is C14H23ClN4. The second kappa shape index (κ2) is 6.40. The van der Waals surface area contributed by atoms with Crippen LogP contribution in [0.1, 0.15) is 51.0 Å². The van der Waals surface area contributed by atoms with Gasteiger partial charge in [-0.1, -0.05) is 18.5 Å². The Labute approximate surface area is 120 Å². The molecule has 4 nitrogen and oxygen atoms in total. The maximum Gasteiger partial charge on any atom is 0.105 e. The average molecular weight is 283 g/mol. The van der Waals surface area contributed by atoms with Gasteiger partial charge in [0.05, 0.1) is 28.5 Å². The van der Waals surface area contributed by atoms with Crippen LogP contribution in [-0.4, -0.2) is 21.9 Å². The highest BCUT2D eigenvalue weighted by Gasteiger charge is 2.27. The third-order valence-corrected chi connectivity index (χ3v) is 3.92. The topological polar surface area (TPSA) is 53.6 Å². The molecule has 1 aromatic rings. The lowest BCUT2D eigenvalue weighted by atomic mass is 9.95. The van der Waals surface area contributed by atoms with E-state index in [1.54, 1.807) is 0 Å². The van der Waals surface area contributed by atoms with Crippen molar-refractivity contribution in [3.63, 3.8) is 0 Å². The SMILES string of the molecule is CCCNC(C)(C#N)CC(C)n1nc(C)c(Cl)c1C.